The van der Waals surface area contributed by atoms with Gasteiger partial charge in [-0.25, -0.2) is 13.8 Å². The molecule has 1 saturated carbocycles. The smallest absolute Gasteiger partial charge is 0.227 e. The monoisotopic (exact) mass is 341 g/mol. The summed E-state index contributed by atoms with van der Waals surface area (Å²) in [4.78, 5) is 4.42. The fourth-order valence-corrected chi connectivity index (χ4v) is 3.19. The van der Waals surface area contributed by atoms with Crippen molar-refractivity contribution in [3.63, 3.8) is 0 Å². The summed E-state index contributed by atoms with van der Waals surface area (Å²) in [5, 5.41) is 19.4. The van der Waals surface area contributed by atoms with E-state index in [2.05, 4.69) is 20.4 Å². The minimum Gasteiger partial charge on any atom is -0.440 e. The van der Waals surface area contributed by atoms with E-state index in [-0.39, 0.29) is 17.5 Å². The molecule has 0 aliphatic heterocycles. The Labute approximate surface area is 141 Å². The number of hydrogen-bond donors (Lipinski definition) is 1. The van der Waals surface area contributed by atoms with Crippen LogP contribution in [0.15, 0.2) is 22.6 Å². The van der Waals surface area contributed by atoms with Crippen LogP contribution in [-0.4, -0.2) is 20.4 Å². The minimum absolute atomic E-state index is 0.115. The first-order valence-corrected chi connectivity index (χ1v) is 7.94. The summed E-state index contributed by atoms with van der Waals surface area (Å²) in [6.45, 7) is 0. The molecule has 1 fully saturated rings. The average Bonchev–Trinajstić information content (AvgIpc) is 3.36. The maximum atomic E-state index is 13.6. The van der Waals surface area contributed by atoms with Gasteiger partial charge < -0.3 is 4.42 Å². The molecule has 0 radical (unpaired) electrons. The van der Waals surface area contributed by atoms with E-state index in [9.17, 15) is 14.0 Å². The number of hydrogen-bond acceptors (Lipinski definition) is 5. The van der Waals surface area contributed by atoms with Crippen LogP contribution in [-0.2, 0) is 0 Å². The molecule has 8 heteroatoms. The highest BCUT2D eigenvalue weighted by Crippen LogP contribution is 2.41. The van der Waals surface area contributed by atoms with Gasteiger partial charge in [-0.15, -0.1) is 5.10 Å². The van der Waals surface area contributed by atoms with E-state index >= 15 is 0 Å². The average molecular weight is 341 g/mol. The quantitative estimate of drug-likeness (QED) is 0.779. The van der Waals surface area contributed by atoms with Crippen molar-refractivity contribution in [3.8, 4) is 28.9 Å². The summed E-state index contributed by atoms with van der Waals surface area (Å²) >= 11 is 0. The summed E-state index contributed by atoms with van der Waals surface area (Å²) in [7, 11) is 0. The van der Waals surface area contributed by atoms with E-state index in [4.69, 9.17) is 4.42 Å². The maximum absolute atomic E-state index is 13.6. The number of nitrogens with zero attached hydrogens (tertiary/aromatic N) is 4. The molecule has 1 aromatic carbocycles. The SMILES string of the molecule is N#Cc1n[nH]nc1-c1nc(-c2ccc(F)c(F)c2)oc1C1CCCC1. The molecule has 3 aromatic rings. The van der Waals surface area contributed by atoms with Gasteiger partial charge in [0.25, 0.3) is 0 Å². The van der Waals surface area contributed by atoms with Crippen LogP contribution in [0, 0.1) is 23.0 Å². The highest BCUT2D eigenvalue weighted by atomic mass is 19.2. The fourth-order valence-electron chi connectivity index (χ4n) is 3.19. The lowest BCUT2D eigenvalue weighted by Crippen LogP contribution is -1.94. The number of benzene rings is 1. The number of oxazole rings is 1. The van der Waals surface area contributed by atoms with Crippen molar-refractivity contribution >= 4 is 0 Å². The topological polar surface area (TPSA) is 91.4 Å². The van der Waals surface area contributed by atoms with E-state index in [1.165, 1.54) is 6.07 Å². The second-order valence-corrected chi connectivity index (χ2v) is 5.97. The van der Waals surface area contributed by atoms with Gasteiger partial charge in [-0.3, -0.25) is 0 Å². The minimum atomic E-state index is -0.973. The summed E-state index contributed by atoms with van der Waals surface area (Å²) in [5.74, 6) is -0.969. The molecular weight excluding hydrogens is 328 g/mol. The molecule has 0 spiro atoms. The number of aromatic amines is 1. The zero-order valence-electron chi connectivity index (χ0n) is 13.1. The van der Waals surface area contributed by atoms with Crippen molar-refractivity contribution in [1.82, 2.24) is 20.4 Å². The van der Waals surface area contributed by atoms with E-state index in [1.807, 2.05) is 6.07 Å². The van der Waals surface area contributed by atoms with Crippen LogP contribution in [0.2, 0.25) is 0 Å². The first-order valence-electron chi connectivity index (χ1n) is 7.94. The highest BCUT2D eigenvalue weighted by molar-refractivity contribution is 5.66. The fraction of sp³-hybridized carbons (Fsp3) is 0.294. The van der Waals surface area contributed by atoms with Crippen LogP contribution in [0.4, 0.5) is 8.78 Å². The van der Waals surface area contributed by atoms with Crippen molar-refractivity contribution in [1.29, 1.82) is 5.26 Å². The lowest BCUT2D eigenvalue weighted by atomic mass is 10.0. The predicted molar refractivity (Wildman–Crippen MR) is 83.2 cm³/mol. The Morgan fingerprint density at radius 3 is 2.64 bits per heavy atom. The Kier molecular flexibility index (Phi) is 3.76. The third-order valence-corrected chi connectivity index (χ3v) is 4.42. The largest absolute Gasteiger partial charge is 0.440 e. The van der Waals surface area contributed by atoms with Gasteiger partial charge in [0.2, 0.25) is 5.89 Å². The van der Waals surface area contributed by atoms with E-state index in [1.54, 1.807) is 0 Å². The van der Waals surface area contributed by atoms with Gasteiger partial charge in [-0.05, 0) is 31.0 Å². The number of rotatable bonds is 3. The van der Waals surface area contributed by atoms with Gasteiger partial charge in [0, 0.05) is 11.5 Å². The summed E-state index contributed by atoms with van der Waals surface area (Å²) < 4.78 is 32.6. The van der Waals surface area contributed by atoms with Gasteiger partial charge >= 0.3 is 0 Å². The summed E-state index contributed by atoms with van der Waals surface area (Å²) in [5.41, 5.74) is 1.18. The Bertz CT molecular complexity index is 966. The third-order valence-electron chi connectivity index (χ3n) is 4.42. The molecular formula is C17H13F2N5O. The molecule has 0 atom stereocenters. The second kappa shape index (κ2) is 6.09. The zero-order chi connectivity index (χ0) is 17.4. The van der Waals surface area contributed by atoms with E-state index in [0.717, 1.165) is 37.8 Å². The van der Waals surface area contributed by atoms with Crippen molar-refractivity contribution in [2.24, 2.45) is 0 Å². The lowest BCUT2D eigenvalue weighted by Gasteiger charge is -2.05. The Morgan fingerprint density at radius 2 is 1.92 bits per heavy atom. The van der Waals surface area contributed by atoms with E-state index in [0.29, 0.717) is 22.7 Å². The molecule has 0 amide bonds. The number of nitriles is 1. The molecule has 126 valence electrons. The molecule has 2 heterocycles. The molecule has 2 aromatic heterocycles. The van der Waals surface area contributed by atoms with Gasteiger partial charge in [0.05, 0.1) is 0 Å². The molecule has 0 saturated heterocycles. The number of aromatic nitrogens is 4. The van der Waals surface area contributed by atoms with Crippen LogP contribution in [0.25, 0.3) is 22.8 Å². The normalized spacial score (nSPS) is 14.8. The van der Waals surface area contributed by atoms with Gasteiger partial charge in [0.15, 0.2) is 23.0 Å². The van der Waals surface area contributed by atoms with Crippen molar-refractivity contribution in [2.45, 2.75) is 31.6 Å². The molecule has 1 aliphatic rings. The van der Waals surface area contributed by atoms with Gasteiger partial charge in [0.1, 0.15) is 17.5 Å². The first-order chi connectivity index (χ1) is 12.2. The maximum Gasteiger partial charge on any atom is 0.227 e. The zero-order valence-corrected chi connectivity index (χ0v) is 13.1. The van der Waals surface area contributed by atoms with Crippen molar-refractivity contribution < 1.29 is 13.2 Å². The van der Waals surface area contributed by atoms with Crippen molar-refractivity contribution in [2.75, 3.05) is 0 Å². The molecule has 25 heavy (non-hydrogen) atoms. The third kappa shape index (κ3) is 2.67. The van der Waals surface area contributed by atoms with Crippen LogP contribution in [0.1, 0.15) is 43.1 Å². The number of nitrogens with one attached hydrogen (secondary N) is 1. The molecule has 0 unspecified atom stereocenters. The molecule has 0 bridgehead atoms. The predicted octanol–water partition coefficient (Wildman–Crippen LogP) is 3.93. The van der Waals surface area contributed by atoms with Crippen molar-refractivity contribution in [3.05, 3.63) is 41.3 Å². The van der Waals surface area contributed by atoms with Crippen LogP contribution in [0.5, 0.6) is 0 Å². The molecule has 1 aliphatic carbocycles. The Balaban J connectivity index is 1.86. The molecule has 6 nitrogen and oxygen atoms in total. The highest BCUT2D eigenvalue weighted by Gasteiger charge is 2.29. The van der Waals surface area contributed by atoms with Crippen LogP contribution < -0.4 is 0 Å². The summed E-state index contributed by atoms with van der Waals surface area (Å²) in [6, 6.07) is 5.43. The molecule has 4 rings (SSSR count). The summed E-state index contributed by atoms with van der Waals surface area (Å²) in [6.07, 6.45) is 4.04. The lowest BCUT2D eigenvalue weighted by molar-refractivity contribution is 0.472. The second-order valence-electron chi connectivity index (χ2n) is 5.97. The first kappa shape index (κ1) is 15.4. The van der Waals surface area contributed by atoms with Gasteiger partial charge in [-0.2, -0.15) is 15.6 Å². The molecule has 1 N–H and O–H groups in total. The Morgan fingerprint density at radius 1 is 1.12 bits per heavy atom. The van der Waals surface area contributed by atoms with Crippen LogP contribution in [0.3, 0.4) is 0 Å². The number of H-pyrrole nitrogens is 1. The van der Waals surface area contributed by atoms with Gasteiger partial charge in [-0.1, -0.05) is 12.8 Å². The van der Waals surface area contributed by atoms with Crippen LogP contribution >= 0.6 is 0 Å². The standard InChI is InChI=1S/C17H13F2N5O/c18-11-6-5-10(7-12(11)19)17-21-15(14-13(8-20)22-24-23-14)16(25-17)9-3-1-2-4-9/h5-7,9H,1-4H2,(H,22,23,24). The number of halogens is 2. The Hall–Kier alpha value is -3.08. The van der Waals surface area contributed by atoms with E-state index < -0.39 is 11.6 Å².